The summed E-state index contributed by atoms with van der Waals surface area (Å²) < 4.78 is 0. The van der Waals surface area contributed by atoms with Crippen LogP contribution in [0, 0.1) is 59.2 Å². The van der Waals surface area contributed by atoms with Gasteiger partial charge in [-0.3, -0.25) is 0 Å². The van der Waals surface area contributed by atoms with Gasteiger partial charge in [0.05, 0.1) is 0 Å². The Labute approximate surface area is 165 Å². The van der Waals surface area contributed by atoms with E-state index in [1.54, 1.807) is 0 Å². The van der Waals surface area contributed by atoms with E-state index in [-0.39, 0.29) is 0 Å². The standard InChI is InChI=1S/2C10H15.2ClH.Zr/c2*1-6-7(2)9(4)10(5)8(6)3;;;/h2*1-5H3;2*1H;/q;;;;+2/p-2. The summed E-state index contributed by atoms with van der Waals surface area (Å²) in [7, 11) is 9.87. The van der Waals surface area contributed by atoms with Crippen molar-refractivity contribution in [2.24, 2.45) is 0 Å². The molecule has 3 heteroatoms. The molecule has 0 atom stereocenters. The molecule has 0 nitrogen and oxygen atoms in total. The first kappa shape index (κ1) is 24.5. The third-order valence-corrected chi connectivity index (χ3v) is 5.62. The summed E-state index contributed by atoms with van der Waals surface area (Å²) in [6.07, 6.45) is 0. The van der Waals surface area contributed by atoms with E-state index < -0.39 is 20.8 Å². The average molecular weight is 433 g/mol. The van der Waals surface area contributed by atoms with Gasteiger partial charge in [-0.2, -0.15) is 0 Å². The summed E-state index contributed by atoms with van der Waals surface area (Å²) in [6.45, 7) is 22.0. The molecule has 0 amide bonds. The summed E-state index contributed by atoms with van der Waals surface area (Å²) in [4.78, 5) is 0. The van der Waals surface area contributed by atoms with Crippen molar-refractivity contribution >= 4 is 17.0 Å². The number of halogens is 2. The SMILES string of the molecule is C[C]1[C](C)[C](C)[C](C)[C]1C.C[C]1[C](C)[C](C)[C](C)[C]1C.[Cl][Zr][Cl]. The van der Waals surface area contributed by atoms with E-state index in [1.807, 2.05) is 0 Å². The molecule has 0 saturated heterocycles. The van der Waals surface area contributed by atoms with Gasteiger partial charge in [-0.1, -0.05) is 69.2 Å². The molecule has 0 aromatic rings. The van der Waals surface area contributed by atoms with Gasteiger partial charge in [-0.05, 0) is 59.2 Å². The summed E-state index contributed by atoms with van der Waals surface area (Å²) in [5, 5.41) is 0. The van der Waals surface area contributed by atoms with Crippen LogP contribution in [0.25, 0.3) is 0 Å². The molecule has 2 aliphatic rings. The van der Waals surface area contributed by atoms with Gasteiger partial charge in [0.2, 0.25) is 0 Å². The van der Waals surface area contributed by atoms with Crippen molar-refractivity contribution in [3.63, 3.8) is 0 Å². The van der Waals surface area contributed by atoms with E-state index in [2.05, 4.69) is 69.2 Å². The molecule has 2 saturated carbocycles. The molecule has 0 spiro atoms. The fourth-order valence-corrected chi connectivity index (χ4v) is 2.81. The Bertz CT molecular complexity index is 203. The monoisotopic (exact) mass is 430 g/mol. The number of hydrogen-bond acceptors (Lipinski definition) is 0. The first-order valence-electron chi connectivity index (χ1n) is 7.88. The minimum atomic E-state index is -0.826. The zero-order chi connectivity index (χ0) is 18.5. The van der Waals surface area contributed by atoms with Crippen molar-refractivity contribution in [2.75, 3.05) is 0 Å². The van der Waals surface area contributed by atoms with Crippen LogP contribution in [-0.4, -0.2) is 0 Å². The summed E-state index contributed by atoms with van der Waals surface area (Å²) >= 11 is -0.826. The molecule has 0 aromatic carbocycles. The summed E-state index contributed by atoms with van der Waals surface area (Å²) in [6, 6.07) is 0. The average Bonchev–Trinajstić information content (AvgIpc) is 2.80. The molecule has 2 rings (SSSR count). The van der Waals surface area contributed by atoms with Crippen molar-refractivity contribution in [3.05, 3.63) is 59.2 Å². The molecule has 10 radical (unpaired) electrons. The van der Waals surface area contributed by atoms with Crippen molar-refractivity contribution in [3.8, 4) is 0 Å². The van der Waals surface area contributed by atoms with Gasteiger partial charge < -0.3 is 0 Å². The van der Waals surface area contributed by atoms with E-state index in [1.165, 1.54) is 59.2 Å². The van der Waals surface area contributed by atoms with Gasteiger partial charge in [0.25, 0.3) is 0 Å². The third-order valence-electron chi connectivity index (χ3n) is 5.62. The van der Waals surface area contributed by atoms with Gasteiger partial charge in [-0.25, -0.2) is 0 Å². The van der Waals surface area contributed by atoms with Crippen LogP contribution in [0.1, 0.15) is 69.2 Å². The van der Waals surface area contributed by atoms with E-state index in [0.29, 0.717) is 0 Å². The third kappa shape index (κ3) is 6.29. The number of rotatable bonds is 0. The second kappa shape index (κ2) is 11.2. The number of hydrogen-bond donors (Lipinski definition) is 0. The molecule has 0 unspecified atom stereocenters. The Morgan fingerprint density at radius 1 is 0.348 bits per heavy atom. The van der Waals surface area contributed by atoms with Gasteiger partial charge in [-0.15, -0.1) is 0 Å². The zero-order valence-corrected chi connectivity index (χ0v) is 20.2. The van der Waals surface area contributed by atoms with Crippen LogP contribution in [0.15, 0.2) is 0 Å². The fourth-order valence-electron chi connectivity index (χ4n) is 2.81. The Morgan fingerprint density at radius 2 is 0.391 bits per heavy atom. The Kier molecular flexibility index (Phi) is 11.9. The van der Waals surface area contributed by atoms with Crippen LogP contribution in [0.5, 0.6) is 0 Å². The van der Waals surface area contributed by atoms with Gasteiger partial charge in [0.15, 0.2) is 0 Å². The predicted molar refractivity (Wildman–Crippen MR) is 101 cm³/mol. The molecule has 2 fully saturated rings. The van der Waals surface area contributed by atoms with E-state index in [4.69, 9.17) is 17.0 Å². The Hall–Kier alpha value is 1.46. The Balaban J connectivity index is 0.000000360. The molecule has 0 bridgehead atoms. The van der Waals surface area contributed by atoms with Crippen LogP contribution >= 0.6 is 17.0 Å². The van der Waals surface area contributed by atoms with E-state index in [9.17, 15) is 0 Å². The summed E-state index contributed by atoms with van der Waals surface area (Å²) in [5.41, 5.74) is 0. The topological polar surface area (TPSA) is 0 Å². The molecular weight excluding hydrogens is 402 g/mol. The quantitative estimate of drug-likeness (QED) is 0.376. The van der Waals surface area contributed by atoms with Gasteiger partial charge >= 0.3 is 37.9 Å². The van der Waals surface area contributed by atoms with Crippen LogP contribution in [-0.2, 0) is 20.8 Å². The fraction of sp³-hybridized carbons (Fsp3) is 0.500. The molecule has 128 valence electrons. The maximum absolute atomic E-state index is 4.93. The van der Waals surface area contributed by atoms with Gasteiger partial charge in [0.1, 0.15) is 0 Å². The van der Waals surface area contributed by atoms with Crippen molar-refractivity contribution in [2.45, 2.75) is 69.2 Å². The molecule has 23 heavy (non-hydrogen) atoms. The zero-order valence-electron chi connectivity index (χ0n) is 16.3. The molecule has 0 aliphatic heterocycles. The van der Waals surface area contributed by atoms with Crippen LogP contribution < -0.4 is 0 Å². The van der Waals surface area contributed by atoms with Crippen LogP contribution in [0.4, 0.5) is 0 Å². The van der Waals surface area contributed by atoms with Crippen molar-refractivity contribution < 1.29 is 20.8 Å². The first-order valence-corrected chi connectivity index (χ1v) is 14.2. The second-order valence-electron chi connectivity index (χ2n) is 6.32. The second-order valence-corrected chi connectivity index (χ2v) is 10.1. The molecule has 2 aliphatic carbocycles. The molecular formula is C20H30Cl2Zr. The molecule has 0 aromatic heterocycles. The minimum absolute atomic E-state index is 0.826. The van der Waals surface area contributed by atoms with Gasteiger partial charge in [0, 0.05) is 0 Å². The van der Waals surface area contributed by atoms with E-state index in [0.717, 1.165) is 0 Å². The van der Waals surface area contributed by atoms with Crippen LogP contribution in [0.2, 0.25) is 0 Å². The molecule has 0 N–H and O–H groups in total. The predicted octanol–water partition coefficient (Wildman–Crippen LogP) is 7.32. The Morgan fingerprint density at radius 3 is 0.435 bits per heavy atom. The van der Waals surface area contributed by atoms with Crippen LogP contribution in [0.3, 0.4) is 0 Å². The summed E-state index contributed by atoms with van der Waals surface area (Å²) in [5.74, 6) is 14.7. The van der Waals surface area contributed by atoms with Crippen molar-refractivity contribution in [1.29, 1.82) is 0 Å². The normalized spacial score (nSPS) is 25.4. The first-order chi connectivity index (χ1) is 10.5. The van der Waals surface area contributed by atoms with Crippen molar-refractivity contribution in [1.82, 2.24) is 0 Å². The van der Waals surface area contributed by atoms with E-state index >= 15 is 0 Å². The maximum atomic E-state index is 4.93. The molecule has 0 heterocycles.